The first kappa shape index (κ1) is 21.5. The minimum Gasteiger partial charge on any atom is -0.378 e. The van der Waals surface area contributed by atoms with Crippen LogP contribution in [0.4, 0.5) is 0 Å². The molecule has 0 aliphatic carbocycles. The average Bonchev–Trinajstić information content (AvgIpc) is 2.42. The molecule has 3 nitrogen and oxygen atoms in total. The van der Waals surface area contributed by atoms with Gasteiger partial charge in [-0.2, -0.15) is 0 Å². The van der Waals surface area contributed by atoms with Gasteiger partial charge in [-0.25, -0.2) is 0 Å². The molecular formula is C14H31NO2. The molecule has 0 aromatic rings. The van der Waals surface area contributed by atoms with Crippen LogP contribution in [0.3, 0.4) is 0 Å². The van der Waals surface area contributed by atoms with E-state index in [1.165, 1.54) is 0 Å². The van der Waals surface area contributed by atoms with Crippen molar-refractivity contribution in [2.45, 2.75) is 27.2 Å². The maximum absolute atomic E-state index is 5.24. The van der Waals surface area contributed by atoms with Crippen LogP contribution in [0.15, 0.2) is 13.2 Å². The Morgan fingerprint density at radius 1 is 1.06 bits per heavy atom. The molecule has 0 bridgehead atoms. The van der Waals surface area contributed by atoms with E-state index in [0.717, 1.165) is 19.6 Å². The van der Waals surface area contributed by atoms with Crippen LogP contribution in [0.25, 0.3) is 0 Å². The van der Waals surface area contributed by atoms with E-state index in [1.54, 1.807) is 0 Å². The summed E-state index contributed by atoms with van der Waals surface area (Å²) in [7, 11) is 1.90. The van der Waals surface area contributed by atoms with Crippen LogP contribution in [0.1, 0.15) is 28.6 Å². The monoisotopic (exact) mass is 245 g/mol. The summed E-state index contributed by atoms with van der Waals surface area (Å²) in [4.78, 5) is 0. The van der Waals surface area contributed by atoms with E-state index < -0.39 is 0 Å². The van der Waals surface area contributed by atoms with Crippen molar-refractivity contribution in [3.8, 4) is 11.8 Å². The molecule has 104 valence electrons. The van der Waals surface area contributed by atoms with Gasteiger partial charge < -0.3 is 14.8 Å². The number of likely N-dealkylation sites (N-methyl/N-ethyl adjacent to an activating group) is 1. The zero-order valence-corrected chi connectivity index (χ0v) is 12.0. The first-order valence-corrected chi connectivity index (χ1v) is 6.17. The molecule has 0 unspecified atom stereocenters. The van der Waals surface area contributed by atoms with Crippen LogP contribution >= 0.6 is 0 Å². The molecule has 0 saturated carbocycles. The molecule has 0 rings (SSSR count). The summed E-state index contributed by atoms with van der Waals surface area (Å²) < 4.78 is 10.4. The summed E-state index contributed by atoms with van der Waals surface area (Å²) in [6.07, 6.45) is 0.891. The van der Waals surface area contributed by atoms with Gasteiger partial charge in [-0.05, 0) is 7.05 Å². The average molecular weight is 245 g/mol. The van der Waals surface area contributed by atoms with Crippen LogP contribution in [0.2, 0.25) is 0 Å². The molecule has 0 aromatic carbocycles. The fourth-order valence-corrected chi connectivity index (χ4v) is 0.693. The third-order valence-electron chi connectivity index (χ3n) is 1.34. The highest BCUT2D eigenvalue weighted by Crippen LogP contribution is 1.77. The largest absolute Gasteiger partial charge is 0.378 e. The van der Waals surface area contributed by atoms with E-state index in [1.807, 2.05) is 27.8 Å². The van der Waals surface area contributed by atoms with Gasteiger partial charge in [0.05, 0.1) is 19.8 Å². The lowest BCUT2D eigenvalue weighted by atomic mass is 10.5. The highest BCUT2D eigenvalue weighted by molar-refractivity contribution is 4.97. The molecule has 0 radical (unpaired) electrons. The Morgan fingerprint density at radius 2 is 1.65 bits per heavy atom. The van der Waals surface area contributed by atoms with Crippen molar-refractivity contribution < 1.29 is 10.9 Å². The van der Waals surface area contributed by atoms with E-state index in [-0.39, 0.29) is 1.43 Å². The fourth-order valence-electron chi connectivity index (χ4n) is 0.693. The van der Waals surface area contributed by atoms with Crippen molar-refractivity contribution >= 4 is 0 Å². The van der Waals surface area contributed by atoms with E-state index in [2.05, 4.69) is 30.3 Å². The first-order valence-electron chi connectivity index (χ1n) is 6.17. The molecule has 0 aromatic heterocycles. The summed E-state index contributed by atoms with van der Waals surface area (Å²) in [5.74, 6) is 5.83. The topological polar surface area (TPSA) is 30.5 Å². The highest BCUT2D eigenvalue weighted by atomic mass is 16.5. The first-order chi connectivity index (χ1) is 8.41. The second kappa shape index (κ2) is 29.5. The van der Waals surface area contributed by atoms with E-state index >= 15 is 0 Å². The maximum Gasteiger partial charge on any atom is 0.107 e. The smallest absolute Gasteiger partial charge is 0.107 e. The zero-order chi connectivity index (χ0) is 13.8. The Hall–Kier alpha value is -0.820. The maximum atomic E-state index is 5.24. The van der Waals surface area contributed by atoms with Crippen LogP contribution in [-0.4, -0.2) is 40.0 Å². The molecule has 0 saturated heterocycles. The van der Waals surface area contributed by atoms with E-state index in [9.17, 15) is 0 Å². The second-order valence-corrected chi connectivity index (χ2v) is 2.48. The third kappa shape index (κ3) is 31.3. The number of hydrogen-bond acceptors (Lipinski definition) is 3. The van der Waals surface area contributed by atoms with Gasteiger partial charge in [-0.3, -0.25) is 0 Å². The third-order valence-corrected chi connectivity index (χ3v) is 1.34. The van der Waals surface area contributed by atoms with Crippen LogP contribution in [0, 0.1) is 11.8 Å². The summed E-state index contributed by atoms with van der Waals surface area (Å²) in [5, 5.41) is 3.00. The molecule has 0 atom stereocenters. The van der Waals surface area contributed by atoms with Gasteiger partial charge in [0.25, 0.3) is 0 Å². The SMILES string of the molecule is C=C.CC.CCC#CCOCCOCCNC.[HH]. The van der Waals surface area contributed by atoms with Gasteiger partial charge >= 0.3 is 0 Å². The number of ether oxygens (including phenoxy) is 2. The number of nitrogens with one attached hydrogen (secondary N) is 1. The van der Waals surface area contributed by atoms with Gasteiger partial charge in [0.1, 0.15) is 6.61 Å². The molecule has 3 heteroatoms. The molecule has 0 heterocycles. The molecular weight excluding hydrogens is 214 g/mol. The molecule has 1 N–H and O–H groups in total. The summed E-state index contributed by atoms with van der Waals surface area (Å²) in [5.41, 5.74) is 0. The van der Waals surface area contributed by atoms with E-state index in [0.29, 0.717) is 19.8 Å². The molecule has 17 heavy (non-hydrogen) atoms. The Balaban J connectivity index is -0.000000177. The number of rotatable bonds is 7. The summed E-state index contributed by atoms with van der Waals surface area (Å²) in [6.45, 7) is 15.4. The van der Waals surface area contributed by atoms with Crippen LogP contribution < -0.4 is 5.32 Å². The van der Waals surface area contributed by atoms with Gasteiger partial charge in [0.2, 0.25) is 0 Å². The van der Waals surface area contributed by atoms with Gasteiger partial charge in [-0.1, -0.05) is 26.7 Å². The van der Waals surface area contributed by atoms with Gasteiger partial charge in [0.15, 0.2) is 0 Å². The van der Waals surface area contributed by atoms with Gasteiger partial charge in [-0.15, -0.1) is 19.1 Å². The molecule has 0 spiro atoms. The van der Waals surface area contributed by atoms with Crippen molar-refractivity contribution in [3.63, 3.8) is 0 Å². The Labute approximate surface area is 109 Å². The lowest BCUT2D eigenvalue weighted by Gasteiger charge is -2.02. The minimum atomic E-state index is 0. The predicted molar refractivity (Wildman–Crippen MR) is 78.3 cm³/mol. The molecule has 0 amide bonds. The van der Waals surface area contributed by atoms with Crippen molar-refractivity contribution in [2.24, 2.45) is 0 Å². The summed E-state index contributed by atoms with van der Waals surface area (Å²) in [6, 6.07) is 0. The predicted octanol–water partition coefficient (Wildman–Crippen LogP) is 2.73. The molecule has 0 aliphatic heterocycles. The van der Waals surface area contributed by atoms with Crippen molar-refractivity contribution in [3.05, 3.63) is 13.2 Å². The Bertz CT molecular complexity index is 167. The minimum absolute atomic E-state index is 0. The molecule has 0 aliphatic rings. The highest BCUT2D eigenvalue weighted by Gasteiger charge is 1.86. The quantitative estimate of drug-likeness (QED) is 0.425. The van der Waals surface area contributed by atoms with Crippen molar-refractivity contribution in [1.82, 2.24) is 5.32 Å². The van der Waals surface area contributed by atoms with Gasteiger partial charge in [0, 0.05) is 14.4 Å². The summed E-state index contributed by atoms with van der Waals surface area (Å²) >= 11 is 0. The Morgan fingerprint density at radius 3 is 2.18 bits per heavy atom. The molecule has 0 fully saturated rings. The van der Waals surface area contributed by atoms with Crippen LogP contribution in [0.5, 0.6) is 0 Å². The standard InChI is InChI=1S/C10H19NO2.C2H6.C2H4.H2/c1-3-4-5-7-12-9-10-13-8-6-11-2;2*1-2;/h11H,3,6-10H2,1-2H3;1-2H3;1-2H2;1H. The fraction of sp³-hybridized carbons (Fsp3) is 0.714. The lowest BCUT2D eigenvalue weighted by molar-refractivity contribution is 0.0618. The van der Waals surface area contributed by atoms with Crippen LogP contribution in [-0.2, 0) is 9.47 Å². The number of hydrogen-bond donors (Lipinski definition) is 1. The Kier molecular flexibility index (Phi) is 37.2. The lowest BCUT2D eigenvalue weighted by Crippen LogP contribution is -2.16. The van der Waals surface area contributed by atoms with Crippen molar-refractivity contribution in [2.75, 3.05) is 40.0 Å². The van der Waals surface area contributed by atoms with Crippen molar-refractivity contribution in [1.29, 1.82) is 0 Å². The zero-order valence-electron chi connectivity index (χ0n) is 12.0. The normalized spacial score (nSPS) is 7.76. The second-order valence-electron chi connectivity index (χ2n) is 2.48. The van der Waals surface area contributed by atoms with E-state index in [4.69, 9.17) is 9.47 Å².